The highest BCUT2D eigenvalue weighted by molar-refractivity contribution is 5.57. The second-order valence-electron chi connectivity index (χ2n) is 5.45. The Morgan fingerprint density at radius 3 is 3.17 bits per heavy atom. The third kappa shape index (κ3) is 2.02. The number of aliphatic hydroxyl groups excluding tert-OH is 1. The first kappa shape index (κ1) is 12.0. The molecule has 0 unspecified atom stereocenters. The van der Waals surface area contributed by atoms with Gasteiger partial charge in [0, 0.05) is 36.4 Å². The number of hydrogen-bond donors (Lipinski definition) is 2. The molecule has 3 atom stereocenters. The zero-order valence-electron chi connectivity index (χ0n) is 10.9. The van der Waals surface area contributed by atoms with E-state index < -0.39 is 0 Å². The summed E-state index contributed by atoms with van der Waals surface area (Å²) in [6, 6.07) is 6.99. The van der Waals surface area contributed by atoms with E-state index in [1.807, 2.05) is 0 Å². The lowest BCUT2D eigenvalue weighted by molar-refractivity contribution is 0.0813. The molecule has 1 fully saturated rings. The maximum Gasteiger partial charge on any atom is 0.0893 e. The van der Waals surface area contributed by atoms with E-state index in [4.69, 9.17) is 9.84 Å². The Balaban J connectivity index is 1.89. The van der Waals surface area contributed by atoms with Gasteiger partial charge in [0.2, 0.25) is 0 Å². The minimum atomic E-state index is 0.254. The molecule has 0 spiro atoms. The molecule has 98 valence electrons. The van der Waals surface area contributed by atoms with Crippen LogP contribution < -0.4 is 5.32 Å². The number of benzene rings is 1. The minimum Gasteiger partial charge on any atom is -0.396 e. The van der Waals surface area contributed by atoms with Crippen molar-refractivity contribution < 1.29 is 9.84 Å². The predicted molar refractivity (Wildman–Crippen MR) is 71.7 cm³/mol. The van der Waals surface area contributed by atoms with Gasteiger partial charge < -0.3 is 15.2 Å². The van der Waals surface area contributed by atoms with Gasteiger partial charge in [0.1, 0.15) is 0 Å². The molecule has 2 heterocycles. The van der Waals surface area contributed by atoms with Crippen molar-refractivity contribution in [2.75, 3.05) is 18.5 Å². The van der Waals surface area contributed by atoms with E-state index in [2.05, 4.69) is 30.4 Å². The molecule has 0 saturated carbocycles. The Morgan fingerprint density at radius 2 is 2.33 bits per heavy atom. The molecule has 0 bridgehead atoms. The third-order valence-electron chi connectivity index (χ3n) is 4.18. The molecule has 2 aliphatic rings. The largest absolute Gasteiger partial charge is 0.396 e. The molecule has 3 heteroatoms. The van der Waals surface area contributed by atoms with Crippen molar-refractivity contribution in [1.82, 2.24) is 0 Å². The van der Waals surface area contributed by atoms with Gasteiger partial charge in [-0.25, -0.2) is 0 Å². The number of ether oxygens (including phenoxy) is 1. The molecule has 0 amide bonds. The van der Waals surface area contributed by atoms with Crippen LogP contribution >= 0.6 is 0 Å². The highest BCUT2D eigenvalue weighted by Gasteiger charge is 2.40. The van der Waals surface area contributed by atoms with Gasteiger partial charge in [0.05, 0.1) is 6.10 Å². The van der Waals surface area contributed by atoms with Gasteiger partial charge in [-0.15, -0.1) is 0 Å². The van der Waals surface area contributed by atoms with Gasteiger partial charge in [-0.3, -0.25) is 0 Å². The van der Waals surface area contributed by atoms with E-state index in [1.165, 1.54) is 16.8 Å². The van der Waals surface area contributed by atoms with Crippen LogP contribution in [0.5, 0.6) is 0 Å². The summed E-state index contributed by atoms with van der Waals surface area (Å²) in [5.74, 6) is 0.561. The highest BCUT2D eigenvalue weighted by atomic mass is 16.5. The van der Waals surface area contributed by atoms with Crippen LogP contribution in [0.25, 0.3) is 0 Å². The summed E-state index contributed by atoms with van der Waals surface area (Å²) < 4.78 is 5.95. The number of rotatable bonds is 3. The summed E-state index contributed by atoms with van der Waals surface area (Å²) in [5.41, 5.74) is 3.82. The van der Waals surface area contributed by atoms with Crippen LogP contribution in [0.3, 0.4) is 0 Å². The maximum atomic E-state index is 9.01. The third-order valence-corrected chi connectivity index (χ3v) is 4.18. The summed E-state index contributed by atoms with van der Waals surface area (Å²) >= 11 is 0. The lowest BCUT2D eigenvalue weighted by Crippen LogP contribution is -2.36. The molecule has 18 heavy (non-hydrogen) atoms. The number of hydrogen-bond acceptors (Lipinski definition) is 3. The molecule has 3 nitrogen and oxygen atoms in total. The van der Waals surface area contributed by atoms with Crippen molar-refractivity contribution in [3.63, 3.8) is 0 Å². The molecule has 0 radical (unpaired) electrons. The topological polar surface area (TPSA) is 41.5 Å². The van der Waals surface area contributed by atoms with Crippen molar-refractivity contribution in [3.05, 3.63) is 29.3 Å². The lowest BCUT2D eigenvalue weighted by atomic mass is 9.82. The molecule has 2 N–H and O–H groups in total. The number of anilines is 1. The smallest absolute Gasteiger partial charge is 0.0893 e. The first-order chi connectivity index (χ1) is 8.79. The lowest BCUT2D eigenvalue weighted by Gasteiger charge is -2.36. The van der Waals surface area contributed by atoms with E-state index in [0.29, 0.717) is 12.0 Å². The van der Waals surface area contributed by atoms with Crippen molar-refractivity contribution in [3.8, 4) is 0 Å². The number of fused-ring (bicyclic) bond motifs is 3. The second kappa shape index (κ2) is 4.90. The molecule has 0 aliphatic carbocycles. The van der Waals surface area contributed by atoms with Crippen LogP contribution in [-0.4, -0.2) is 24.4 Å². The molecule has 1 aromatic rings. The fourth-order valence-corrected chi connectivity index (χ4v) is 3.29. The average molecular weight is 247 g/mol. The zero-order chi connectivity index (χ0) is 12.5. The van der Waals surface area contributed by atoms with E-state index in [-0.39, 0.29) is 12.7 Å². The summed E-state index contributed by atoms with van der Waals surface area (Å²) in [5, 5.41) is 12.6. The van der Waals surface area contributed by atoms with Crippen LogP contribution in [-0.2, 0) is 4.74 Å². The Labute approximate surface area is 108 Å². The molecular formula is C15H21NO2. The molecule has 1 saturated heterocycles. The average Bonchev–Trinajstić information content (AvgIpc) is 2.86. The van der Waals surface area contributed by atoms with Crippen molar-refractivity contribution in [2.24, 2.45) is 5.92 Å². The van der Waals surface area contributed by atoms with Crippen LogP contribution in [0, 0.1) is 12.8 Å². The van der Waals surface area contributed by atoms with Crippen LogP contribution in [0.1, 0.15) is 36.5 Å². The Hall–Kier alpha value is -1.06. The normalized spacial score (nSPS) is 29.6. The van der Waals surface area contributed by atoms with Crippen molar-refractivity contribution in [2.45, 2.75) is 38.3 Å². The summed E-state index contributed by atoms with van der Waals surface area (Å²) in [7, 11) is 0. The fraction of sp³-hybridized carbons (Fsp3) is 0.600. The van der Waals surface area contributed by atoms with E-state index in [9.17, 15) is 0 Å². The van der Waals surface area contributed by atoms with Crippen LogP contribution in [0.4, 0.5) is 5.69 Å². The van der Waals surface area contributed by atoms with Crippen molar-refractivity contribution in [1.29, 1.82) is 0 Å². The fourth-order valence-electron chi connectivity index (χ4n) is 3.29. The number of aliphatic hydroxyl groups is 1. The minimum absolute atomic E-state index is 0.254. The monoisotopic (exact) mass is 247 g/mol. The number of aryl methyl sites for hydroxylation is 1. The quantitative estimate of drug-likeness (QED) is 0.862. The van der Waals surface area contributed by atoms with E-state index >= 15 is 0 Å². The van der Waals surface area contributed by atoms with Gasteiger partial charge in [-0.2, -0.15) is 0 Å². The zero-order valence-corrected chi connectivity index (χ0v) is 10.9. The standard InChI is InChI=1S/C15H21NO2/c1-10-4-5-14-12(9-10)15-11(6-8-18-15)13(16-14)3-2-7-17/h4-5,9,11,13,15-17H,2-3,6-8H2,1H3/t11-,13-,15-/m0/s1. The maximum absolute atomic E-state index is 9.01. The first-order valence-electron chi connectivity index (χ1n) is 6.89. The van der Waals surface area contributed by atoms with Crippen LogP contribution in [0.15, 0.2) is 18.2 Å². The first-order valence-corrected chi connectivity index (χ1v) is 6.89. The molecule has 1 aromatic carbocycles. The van der Waals surface area contributed by atoms with Gasteiger partial charge >= 0.3 is 0 Å². The molecule has 0 aromatic heterocycles. The van der Waals surface area contributed by atoms with Gasteiger partial charge in [0.25, 0.3) is 0 Å². The Kier molecular flexibility index (Phi) is 3.27. The molecular weight excluding hydrogens is 226 g/mol. The predicted octanol–water partition coefficient (Wildman–Crippen LogP) is 2.64. The SMILES string of the molecule is Cc1ccc2c(c1)[C@H]1OCC[C@H]1[C@H](CCCO)N2. The summed E-state index contributed by atoms with van der Waals surface area (Å²) in [6.45, 7) is 3.26. The van der Waals surface area contributed by atoms with Crippen molar-refractivity contribution >= 4 is 5.69 Å². The second-order valence-corrected chi connectivity index (χ2v) is 5.45. The van der Waals surface area contributed by atoms with Gasteiger partial charge in [-0.1, -0.05) is 17.7 Å². The Bertz CT molecular complexity index is 433. The van der Waals surface area contributed by atoms with Crippen LogP contribution in [0.2, 0.25) is 0 Å². The summed E-state index contributed by atoms with van der Waals surface area (Å²) in [6.07, 6.45) is 3.27. The van der Waals surface area contributed by atoms with Gasteiger partial charge in [0.15, 0.2) is 0 Å². The molecule has 3 rings (SSSR count). The Morgan fingerprint density at radius 1 is 1.44 bits per heavy atom. The van der Waals surface area contributed by atoms with E-state index in [1.54, 1.807) is 0 Å². The highest BCUT2D eigenvalue weighted by Crippen LogP contribution is 2.45. The van der Waals surface area contributed by atoms with E-state index in [0.717, 1.165) is 25.9 Å². The van der Waals surface area contributed by atoms with Gasteiger partial charge in [-0.05, 0) is 32.3 Å². The summed E-state index contributed by atoms with van der Waals surface area (Å²) in [4.78, 5) is 0. The number of nitrogens with one attached hydrogen (secondary N) is 1. The molecule has 2 aliphatic heterocycles.